The molecule has 1 aliphatic heterocycles. The van der Waals surface area contributed by atoms with Crippen LogP contribution in [0.15, 0.2) is 91.0 Å². The number of alkyl halides is 3. The van der Waals surface area contributed by atoms with Crippen molar-refractivity contribution in [1.82, 2.24) is 0 Å². The number of rotatable bonds is 7. The topological polar surface area (TPSA) is 90.0 Å². The third-order valence-electron chi connectivity index (χ3n) is 6.58. The second-order valence-corrected chi connectivity index (χ2v) is 9.57. The first kappa shape index (κ1) is 28.6. The zero-order valence-electron chi connectivity index (χ0n) is 21.6. The lowest BCUT2D eigenvalue weighted by atomic mass is 9.99. The van der Waals surface area contributed by atoms with E-state index in [-0.39, 0.29) is 27.3 Å². The van der Waals surface area contributed by atoms with Gasteiger partial charge in [-0.25, -0.2) is 9.69 Å². The zero-order valence-corrected chi connectivity index (χ0v) is 22.4. The molecule has 5 rings (SSSR count). The molecule has 42 heavy (non-hydrogen) atoms. The summed E-state index contributed by atoms with van der Waals surface area (Å²) in [4.78, 5) is 53.5. The monoisotopic (exact) mass is 593 g/mol. The normalized spacial score (nSPS) is 13.5. The van der Waals surface area contributed by atoms with Crippen molar-refractivity contribution in [2.45, 2.75) is 12.3 Å². The van der Waals surface area contributed by atoms with E-state index in [2.05, 4.69) is 0 Å². The van der Waals surface area contributed by atoms with Gasteiger partial charge >= 0.3 is 12.1 Å². The van der Waals surface area contributed by atoms with Crippen LogP contribution in [0.3, 0.4) is 0 Å². The van der Waals surface area contributed by atoms with Gasteiger partial charge in [0.15, 0.2) is 6.10 Å². The Morgan fingerprint density at radius 1 is 0.810 bits per heavy atom. The highest BCUT2D eigenvalue weighted by Crippen LogP contribution is 2.39. The maximum absolute atomic E-state index is 13.4. The van der Waals surface area contributed by atoms with Crippen LogP contribution in [0.2, 0.25) is 5.02 Å². The average Bonchev–Trinajstić information content (AvgIpc) is 3.24. The quantitative estimate of drug-likeness (QED) is 0.131. The predicted molar refractivity (Wildman–Crippen MR) is 146 cm³/mol. The Morgan fingerprint density at radius 2 is 1.45 bits per heavy atom. The second kappa shape index (κ2) is 11.1. The maximum Gasteiger partial charge on any atom is 0.416 e. The number of ketones is 1. The molecule has 0 radical (unpaired) electrons. The van der Waals surface area contributed by atoms with Crippen molar-refractivity contribution in [3.63, 3.8) is 0 Å². The van der Waals surface area contributed by atoms with Gasteiger partial charge in [-0.15, -0.1) is 0 Å². The van der Waals surface area contributed by atoms with Crippen LogP contribution < -0.4 is 9.64 Å². The summed E-state index contributed by atoms with van der Waals surface area (Å²) in [6.07, 6.45) is -6.09. The number of nitrogens with zero attached hydrogens (tertiary/aromatic N) is 1. The van der Waals surface area contributed by atoms with Crippen LogP contribution >= 0.6 is 11.6 Å². The summed E-state index contributed by atoms with van der Waals surface area (Å²) in [6, 6.07) is 20.3. The van der Waals surface area contributed by atoms with Crippen LogP contribution in [0.4, 0.5) is 18.9 Å². The highest BCUT2D eigenvalue weighted by molar-refractivity contribution is 6.40. The van der Waals surface area contributed by atoms with E-state index in [1.54, 1.807) is 42.5 Å². The van der Waals surface area contributed by atoms with Crippen LogP contribution in [0, 0.1) is 0 Å². The molecule has 0 spiro atoms. The summed E-state index contributed by atoms with van der Waals surface area (Å²) in [7, 11) is 1.48. The number of imide groups is 1. The molecular formula is C31H19ClF3NO6. The number of Topliss-reactive ketones (excluding diaryl/α,β-unsaturated/α-hetero) is 1. The zero-order chi connectivity index (χ0) is 30.2. The molecule has 0 aromatic heterocycles. The number of hydrogen-bond donors (Lipinski definition) is 0. The number of amides is 2. The van der Waals surface area contributed by atoms with Crippen molar-refractivity contribution in [2.24, 2.45) is 0 Å². The van der Waals surface area contributed by atoms with Gasteiger partial charge in [0.1, 0.15) is 5.75 Å². The molecule has 0 bridgehead atoms. The Kier molecular flexibility index (Phi) is 7.57. The summed E-state index contributed by atoms with van der Waals surface area (Å²) in [5, 5.41) is -0.250. The van der Waals surface area contributed by atoms with Crippen molar-refractivity contribution >= 4 is 40.9 Å². The lowest BCUT2D eigenvalue weighted by molar-refractivity contribution is -0.137. The molecule has 1 heterocycles. The third-order valence-corrected chi connectivity index (χ3v) is 6.90. The Morgan fingerprint density at radius 3 is 2.10 bits per heavy atom. The number of hydrogen-bond acceptors (Lipinski definition) is 6. The number of carbonyl (C=O) groups is 4. The number of anilines is 1. The van der Waals surface area contributed by atoms with E-state index >= 15 is 0 Å². The lowest BCUT2D eigenvalue weighted by Gasteiger charge is -2.18. The average molecular weight is 594 g/mol. The fourth-order valence-electron chi connectivity index (χ4n) is 4.43. The summed E-state index contributed by atoms with van der Waals surface area (Å²) < 4.78 is 50.6. The Hall–Kier alpha value is -4.96. The van der Waals surface area contributed by atoms with E-state index < -0.39 is 47.1 Å². The fraction of sp³-hybridized carbons (Fsp3) is 0.0968. The van der Waals surface area contributed by atoms with Gasteiger partial charge in [-0.2, -0.15) is 13.2 Å². The van der Waals surface area contributed by atoms with Gasteiger partial charge < -0.3 is 9.47 Å². The molecule has 0 aliphatic carbocycles. The number of benzene rings is 4. The molecule has 0 saturated heterocycles. The number of fused-ring (bicyclic) bond motifs is 1. The second-order valence-electron chi connectivity index (χ2n) is 9.16. The van der Waals surface area contributed by atoms with Crippen LogP contribution in [0.1, 0.15) is 58.7 Å². The molecule has 1 atom stereocenters. The Labute approximate surface area is 242 Å². The van der Waals surface area contributed by atoms with Gasteiger partial charge in [-0.3, -0.25) is 14.4 Å². The van der Waals surface area contributed by atoms with Crippen LogP contribution in [0.25, 0.3) is 0 Å². The number of methoxy groups -OCH3 is 1. The minimum absolute atomic E-state index is 0.140. The molecule has 7 nitrogen and oxygen atoms in total. The molecule has 0 N–H and O–H groups in total. The minimum Gasteiger partial charge on any atom is -0.497 e. The molecule has 1 aliphatic rings. The SMILES string of the molecule is COc1ccc(C(=O)[C@H](OC(=O)c2ccc3c(c2)C(=O)N(c2cc(C(F)(F)F)ccc2Cl)C3=O)c2ccccc2)cc1. The molecule has 0 fully saturated rings. The first-order valence-corrected chi connectivity index (χ1v) is 12.7. The van der Waals surface area contributed by atoms with Crippen LogP contribution in [0.5, 0.6) is 5.75 Å². The first-order chi connectivity index (χ1) is 20.0. The molecule has 2 amide bonds. The van der Waals surface area contributed by atoms with Gasteiger partial charge in [0.25, 0.3) is 11.8 Å². The van der Waals surface area contributed by atoms with E-state index in [4.69, 9.17) is 21.1 Å². The Balaban J connectivity index is 1.45. The number of esters is 1. The van der Waals surface area contributed by atoms with E-state index in [1.165, 1.54) is 31.4 Å². The molecule has 0 saturated carbocycles. The van der Waals surface area contributed by atoms with E-state index in [0.29, 0.717) is 22.3 Å². The number of ether oxygens (including phenoxy) is 2. The van der Waals surface area contributed by atoms with Crippen molar-refractivity contribution in [2.75, 3.05) is 12.0 Å². The summed E-state index contributed by atoms with van der Waals surface area (Å²) in [6.45, 7) is 0. The summed E-state index contributed by atoms with van der Waals surface area (Å²) in [5.41, 5.74) is -1.44. The van der Waals surface area contributed by atoms with Gasteiger partial charge in [0, 0.05) is 11.1 Å². The first-order valence-electron chi connectivity index (χ1n) is 12.3. The molecule has 4 aromatic rings. The van der Waals surface area contributed by atoms with Gasteiger partial charge in [-0.1, -0.05) is 41.9 Å². The third kappa shape index (κ3) is 5.36. The minimum atomic E-state index is -4.74. The summed E-state index contributed by atoms with van der Waals surface area (Å²) >= 11 is 6.07. The smallest absolute Gasteiger partial charge is 0.416 e. The molecule has 0 unspecified atom stereocenters. The van der Waals surface area contributed by atoms with Crippen molar-refractivity contribution in [3.05, 3.63) is 129 Å². The standard InChI is InChI=1S/C31H19ClF3NO6/c1-41-21-11-7-17(8-12-21)26(37)27(18-5-3-2-4-6-18)42-30(40)19-9-13-22-23(15-19)29(39)36(28(22)38)25-16-20(31(33,34)35)10-14-24(25)32/h2-16,27H,1H3/t27-/m1/s1. The van der Waals surface area contributed by atoms with Crippen LogP contribution in [-0.2, 0) is 10.9 Å². The van der Waals surface area contributed by atoms with Gasteiger partial charge in [0.2, 0.25) is 5.78 Å². The van der Waals surface area contributed by atoms with Crippen molar-refractivity contribution in [1.29, 1.82) is 0 Å². The van der Waals surface area contributed by atoms with Crippen LogP contribution in [-0.4, -0.2) is 30.7 Å². The van der Waals surface area contributed by atoms with E-state index in [1.807, 2.05) is 0 Å². The van der Waals surface area contributed by atoms with E-state index in [0.717, 1.165) is 18.2 Å². The summed E-state index contributed by atoms with van der Waals surface area (Å²) in [5.74, 6) is -2.84. The predicted octanol–water partition coefficient (Wildman–Crippen LogP) is 6.95. The van der Waals surface area contributed by atoms with E-state index in [9.17, 15) is 32.3 Å². The number of halogens is 4. The largest absolute Gasteiger partial charge is 0.497 e. The van der Waals surface area contributed by atoms with Gasteiger partial charge in [0.05, 0.1) is 40.1 Å². The molecule has 212 valence electrons. The fourth-order valence-corrected chi connectivity index (χ4v) is 4.63. The van der Waals surface area contributed by atoms with Crippen molar-refractivity contribution < 1.29 is 41.8 Å². The highest BCUT2D eigenvalue weighted by Gasteiger charge is 2.40. The Bertz CT molecular complexity index is 1720. The van der Waals surface area contributed by atoms with Crippen molar-refractivity contribution in [3.8, 4) is 5.75 Å². The maximum atomic E-state index is 13.4. The molecule has 11 heteroatoms. The molecular weight excluding hydrogens is 575 g/mol. The molecule has 4 aromatic carbocycles. The lowest BCUT2D eigenvalue weighted by Crippen LogP contribution is -2.30. The number of carbonyl (C=O) groups excluding carboxylic acids is 4. The van der Waals surface area contributed by atoms with Gasteiger partial charge in [-0.05, 0) is 60.7 Å². The highest BCUT2D eigenvalue weighted by atomic mass is 35.5.